The quantitative estimate of drug-likeness (QED) is 0.825. The summed E-state index contributed by atoms with van der Waals surface area (Å²) in [4.78, 5) is 5.27. The highest BCUT2D eigenvalue weighted by molar-refractivity contribution is 7.91. The zero-order chi connectivity index (χ0) is 15.5. The highest BCUT2D eigenvalue weighted by atomic mass is 32.2. The van der Waals surface area contributed by atoms with Crippen LogP contribution in [0, 0.1) is 6.92 Å². The molecule has 22 heavy (non-hydrogen) atoms. The minimum absolute atomic E-state index is 0.0143. The van der Waals surface area contributed by atoms with E-state index in [0.29, 0.717) is 16.5 Å². The fraction of sp³-hybridized carbons (Fsp3) is 0.462. The van der Waals surface area contributed by atoms with Gasteiger partial charge in [-0.05, 0) is 25.5 Å². The van der Waals surface area contributed by atoms with Crippen LogP contribution in [0.3, 0.4) is 0 Å². The minimum Gasteiger partial charge on any atom is -0.259 e. The number of sulfonamides is 1. The third-order valence-electron chi connectivity index (χ3n) is 4.07. The molecule has 2 bridgehead atoms. The molecule has 2 aromatic rings. The van der Waals surface area contributed by atoms with Crippen LogP contribution >= 0.6 is 22.7 Å². The average molecular weight is 375 g/mol. The number of nitrogens with zero attached hydrogens (tertiary/aromatic N) is 2. The van der Waals surface area contributed by atoms with Gasteiger partial charge in [0.2, 0.25) is 0 Å². The Balaban J connectivity index is 1.64. The van der Waals surface area contributed by atoms with Crippen molar-refractivity contribution < 1.29 is 12.6 Å². The maximum Gasteiger partial charge on any atom is 0.252 e. The van der Waals surface area contributed by atoms with Gasteiger partial charge in [-0.15, -0.1) is 22.7 Å². The summed E-state index contributed by atoms with van der Waals surface area (Å²) in [5.74, 6) is 0.480. The van der Waals surface area contributed by atoms with Crippen LogP contribution in [0.25, 0.3) is 10.6 Å². The summed E-state index contributed by atoms with van der Waals surface area (Å²) in [6.07, 6.45) is 0.732. The second-order valence-corrected chi connectivity index (χ2v) is 11.5. The molecule has 3 atom stereocenters. The molecule has 2 fully saturated rings. The van der Waals surface area contributed by atoms with Gasteiger partial charge >= 0.3 is 0 Å². The predicted molar refractivity (Wildman–Crippen MR) is 89.3 cm³/mol. The monoisotopic (exact) mass is 374 g/mol. The van der Waals surface area contributed by atoms with E-state index in [1.807, 2.05) is 18.4 Å². The van der Waals surface area contributed by atoms with Gasteiger partial charge in [0, 0.05) is 34.5 Å². The van der Waals surface area contributed by atoms with Crippen molar-refractivity contribution in [3.63, 3.8) is 0 Å². The SMILES string of the molecule is Cc1nc(-c2ccc(S(=O)(=O)N3C[C@@H]4C[C@H]3CS4=O)s2)cs1. The molecule has 5 nitrogen and oxygen atoms in total. The Morgan fingerprint density at radius 2 is 2.23 bits per heavy atom. The summed E-state index contributed by atoms with van der Waals surface area (Å²) in [5.41, 5.74) is 0.831. The zero-order valence-electron chi connectivity index (χ0n) is 11.8. The third kappa shape index (κ3) is 2.30. The Kier molecular flexibility index (Phi) is 3.53. The van der Waals surface area contributed by atoms with Gasteiger partial charge in [0.1, 0.15) is 4.21 Å². The molecule has 2 aliphatic heterocycles. The molecule has 0 N–H and O–H groups in total. The maximum atomic E-state index is 12.8. The fourth-order valence-corrected chi connectivity index (χ4v) is 8.68. The van der Waals surface area contributed by atoms with Crippen molar-refractivity contribution >= 4 is 43.5 Å². The topological polar surface area (TPSA) is 67.3 Å². The second-order valence-electron chi connectivity index (χ2n) is 5.50. The third-order valence-corrected chi connectivity index (χ3v) is 10.1. The molecule has 4 heterocycles. The first-order chi connectivity index (χ1) is 10.4. The van der Waals surface area contributed by atoms with Gasteiger partial charge in [-0.2, -0.15) is 4.31 Å². The summed E-state index contributed by atoms with van der Waals surface area (Å²) >= 11 is 2.81. The molecule has 118 valence electrons. The van der Waals surface area contributed by atoms with Gasteiger partial charge in [-0.1, -0.05) is 0 Å². The van der Waals surface area contributed by atoms with E-state index in [1.165, 1.54) is 11.3 Å². The minimum atomic E-state index is -3.48. The number of thiophene rings is 1. The van der Waals surface area contributed by atoms with Gasteiger partial charge in [-0.25, -0.2) is 13.4 Å². The lowest BCUT2D eigenvalue weighted by atomic mass is 10.3. The zero-order valence-corrected chi connectivity index (χ0v) is 15.0. The molecule has 0 saturated carbocycles. The van der Waals surface area contributed by atoms with Crippen molar-refractivity contribution in [2.45, 2.75) is 28.8 Å². The van der Waals surface area contributed by atoms with E-state index >= 15 is 0 Å². The molecule has 9 heteroatoms. The number of aryl methyl sites for hydroxylation is 1. The molecule has 2 saturated heterocycles. The lowest BCUT2D eigenvalue weighted by Crippen LogP contribution is -2.41. The number of thiazole rings is 1. The summed E-state index contributed by atoms with van der Waals surface area (Å²) in [5, 5.41) is 2.92. The second kappa shape index (κ2) is 5.20. The van der Waals surface area contributed by atoms with Crippen LogP contribution in [-0.2, 0) is 20.8 Å². The van der Waals surface area contributed by atoms with Crippen LogP contribution in [0.5, 0.6) is 0 Å². The number of aromatic nitrogens is 1. The molecular weight excluding hydrogens is 360 g/mol. The van der Waals surface area contributed by atoms with Crippen molar-refractivity contribution in [2.75, 3.05) is 12.3 Å². The Labute approximate surface area is 139 Å². The van der Waals surface area contributed by atoms with E-state index in [-0.39, 0.29) is 11.3 Å². The lowest BCUT2D eigenvalue weighted by Gasteiger charge is -2.24. The molecule has 0 spiro atoms. The smallest absolute Gasteiger partial charge is 0.252 e. The first-order valence-electron chi connectivity index (χ1n) is 6.86. The molecule has 2 aliphatic rings. The van der Waals surface area contributed by atoms with E-state index in [1.54, 1.807) is 21.7 Å². The summed E-state index contributed by atoms with van der Waals surface area (Å²) < 4.78 is 39.2. The van der Waals surface area contributed by atoms with Gasteiger partial charge in [0.25, 0.3) is 10.0 Å². The van der Waals surface area contributed by atoms with Crippen LogP contribution in [0.4, 0.5) is 0 Å². The van der Waals surface area contributed by atoms with E-state index in [4.69, 9.17) is 0 Å². The van der Waals surface area contributed by atoms with E-state index in [0.717, 1.165) is 22.0 Å². The number of rotatable bonds is 3. The Bertz CT molecular complexity index is 854. The van der Waals surface area contributed by atoms with Gasteiger partial charge < -0.3 is 0 Å². The van der Waals surface area contributed by atoms with Crippen LogP contribution < -0.4 is 0 Å². The summed E-state index contributed by atoms with van der Waals surface area (Å²) in [7, 11) is -4.34. The van der Waals surface area contributed by atoms with Crippen molar-refractivity contribution in [1.29, 1.82) is 0 Å². The van der Waals surface area contributed by atoms with Crippen LogP contribution in [0.2, 0.25) is 0 Å². The van der Waals surface area contributed by atoms with Crippen LogP contribution in [-0.4, -0.2) is 45.5 Å². The molecule has 0 aliphatic carbocycles. The van der Waals surface area contributed by atoms with E-state index in [2.05, 4.69) is 4.98 Å². The largest absolute Gasteiger partial charge is 0.259 e. The molecule has 1 unspecified atom stereocenters. The van der Waals surface area contributed by atoms with Gasteiger partial charge in [0.15, 0.2) is 0 Å². The van der Waals surface area contributed by atoms with E-state index < -0.39 is 20.8 Å². The van der Waals surface area contributed by atoms with Crippen LogP contribution in [0.1, 0.15) is 11.4 Å². The number of fused-ring (bicyclic) bond motifs is 2. The molecule has 4 rings (SSSR count). The lowest BCUT2D eigenvalue weighted by molar-refractivity contribution is 0.408. The predicted octanol–water partition coefficient (Wildman–Crippen LogP) is 2.07. The van der Waals surface area contributed by atoms with Crippen molar-refractivity contribution in [1.82, 2.24) is 9.29 Å². The number of hydrogen-bond donors (Lipinski definition) is 0. The van der Waals surface area contributed by atoms with Gasteiger partial charge in [0.05, 0.1) is 20.8 Å². The first kappa shape index (κ1) is 14.9. The standard InChI is InChI=1S/C13H14N2O3S4/c1-8-14-11(6-19-8)12-2-3-13(20-12)22(17,18)15-5-10-4-9(15)7-21(10)16/h2-3,6,9-10H,4-5,7H2,1H3/t9-,10-,21?/m0/s1. The fourth-order valence-electron chi connectivity index (χ4n) is 3.00. The van der Waals surface area contributed by atoms with Crippen molar-refractivity contribution in [3.05, 3.63) is 22.5 Å². The Morgan fingerprint density at radius 3 is 2.82 bits per heavy atom. The highest BCUT2D eigenvalue weighted by Gasteiger charge is 2.48. The summed E-state index contributed by atoms with van der Waals surface area (Å²) in [6.45, 7) is 2.32. The molecule has 2 aromatic heterocycles. The van der Waals surface area contributed by atoms with Crippen molar-refractivity contribution in [3.8, 4) is 10.6 Å². The summed E-state index contributed by atoms with van der Waals surface area (Å²) in [6, 6.07) is 3.38. The van der Waals surface area contributed by atoms with Gasteiger partial charge in [-0.3, -0.25) is 4.21 Å². The molecule has 0 radical (unpaired) electrons. The molecule has 0 aromatic carbocycles. The first-order valence-corrected chi connectivity index (χ1v) is 11.4. The van der Waals surface area contributed by atoms with Crippen molar-refractivity contribution in [2.24, 2.45) is 0 Å². The van der Waals surface area contributed by atoms with Crippen LogP contribution in [0.15, 0.2) is 21.7 Å². The Morgan fingerprint density at radius 1 is 1.41 bits per heavy atom. The molecular formula is C13H14N2O3S4. The highest BCUT2D eigenvalue weighted by Crippen LogP contribution is 2.38. The average Bonchev–Trinajstić information content (AvgIpc) is 3.20. The number of hydrogen-bond acceptors (Lipinski definition) is 6. The normalized spacial score (nSPS) is 28.5. The van der Waals surface area contributed by atoms with E-state index in [9.17, 15) is 12.6 Å². The Hall–Kier alpha value is -0.610. The maximum absolute atomic E-state index is 12.8. The molecule has 0 amide bonds.